The van der Waals surface area contributed by atoms with Crippen LogP contribution in [0, 0.1) is 15.9 Å². The van der Waals surface area contributed by atoms with Crippen LogP contribution in [0.15, 0.2) is 36.4 Å². The molecule has 28 heavy (non-hydrogen) atoms. The second kappa shape index (κ2) is 7.77. The van der Waals surface area contributed by atoms with E-state index in [-0.39, 0.29) is 35.4 Å². The van der Waals surface area contributed by atoms with Crippen LogP contribution in [0.25, 0.3) is 0 Å². The molecule has 2 aromatic rings. The van der Waals surface area contributed by atoms with Crippen molar-refractivity contribution in [3.05, 3.63) is 57.9 Å². The largest absolute Gasteiger partial charge is 0.493 e. The van der Waals surface area contributed by atoms with E-state index >= 15 is 0 Å². The lowest BCUT2D eigenvalue weighted by Crippen LogP contribution is -2.32. The molecule has 0 unspecified atom stereocenters. The van der Waals surface area contributed by atoms with Crippen molar-refractivity contribution in [3.63, 3.8) is 0 Å². The third-order valence-corrected chi connectivity index (χ3v) is 4.71. The number of anilines is 1. The number of hydrogen-bond acceptors (Lipinski definition) is 6. The summed E-state index contributed by atoms with van der Waals surface area (Å²) in [5.41, 5.74) is 0.388. The normalized spacial score (nSPS) is 13.8. The van der Waals surface area contributed by atoms with Gasteiger partial charge in [-0.3, -0.25) is 19.8 Å². The van der Waals surface area contributed by atoms with E-state index in [9.17, 15) is 19.3 Å². The van der Waals surface area contributed by atoms with Gasteiger partial charge in [0.15, 0.2) is 16.6 Å². The highest BCUT2D eigenvalue weighted by atomic mass is 32.1. The molecule has 0 radical (unpaired) electrons. The van der Waals surface area contributed by atoms with Gasteiger partial charge in [0, 0.05) is 11.6 Å². The lowest BCUT2D eigenvalue weighted by molar-refractivity contribution is -0.385. The molecule has 0 aliphatic carbocycles. The summed E-state index contributed by atoms with van der Waals surface area (Å²) in [6.07, 6.45) is 0. The molecule has 0 spiro atoms. The predicted octanol–water partition coefficient (Wildman–Crippen LogP) is 2.88. The van der Waals surface area contributed by atoms with Crippen LogP contribution in [-0.2, 0) is 11.3 Å². The molecule has 8 nitrogen and oxygen atoms in total. The smallest absolute Gasteiger partial charge is 0.277 e. The zero-order chi connectivity index (χ0) is 20.4. The molecule has 0 atom stereocenters. The molecule has 1 fully saturated rings. The first-order valence-electron chi connectivity index (χ1n) is 8.12. The summed E-state index contributed by atoms with van der Waals surface area (Å²) >= 11 is 5.41. The molecule has 1 saturated heterocycles. The first-order valence-corrected chi connectivity index (χ1v) is 8.53. The average molecular weight is 405 g/mol. The Balaban J connectivity index is 1.88. The van der Waals surface area contributed by atoms with E-state index in [0.29, 0.717) is 17.2 Å². The summed E-state index contributed by atoms with van der Waals surface area (Å²) in [5.74, 6) is -0.0599. The van der Waals surface area contributed by atoms with Crippen molar-refractivity contribution in [1.82, 2.24) is 4.90 Å². The van der Waals surface area contributed by atoms with E-state index in [1.54, 1.807) is 18.2 Å². The van der Waals surface area contributed by atoms with E-state index in [1.165, 1.54) is 30.1 Å². The zero-order valence-electron chi connectivity index (χ0n) is 15.0. The summed E-state index contributed by atoms with van der Waals surface area (Å²) in [4.78, 5) is 25.9. The van der Waals surface area contributed by atoms with Crippen LogP contribution in [0.5, 0.6) is 11.5 Å². The lowest BCUT2D eigenvalue weighted by Gasteiger charge is -2.21. The Hall–Kier alpha value is -3.27. The van der Waals surface area contributed by atoms with Crippen LogP contribution in [0.3, 0.4) is 0 Å². The van der Waals surface area contributed by atoms with Gasteiger partial charge in [-0.05, 0) is 36.5 Å². The maximum Gasteiger partial charge on any atom is 0.277 e. The summed E-state index contributed by atoms with van der Waals surface area (Å²) in [5, 5.41) is 11.4. The molecule has 0 aromatic heterocycles. The number of nitrogens with zero attached hydrogens (tertiary/aromatic N) is 3. The van der Waals surface area contributed by atoms with Crippen molar-refractivity contribution in [2.45, 2.75) is 6.54 Å². The summed E-state index contributed by atoms with van der Waals surface area (Å²) in [7, 11) is 2.98. The molecule has 0 N–H and O–H groups in total. The predicted molar refractivity (Wildman–Crippen MR) is 103 cm³/mol. The van der Waals surface area contributed by atoms with Crippen molar-refractivity contribution in [3.8, 4) is 11.5 Å². The number of amides is 1. The van der Waals surface area contributed by atoms with Gasteiger partial charge in [0.2, 0.25) is 0 Å². The number of nitro groups is 1. The van der Waals surface area contributed by atoms with Gasteiger partial charge >= 0.3 is 0 Å². The number of hydrogen-bond donors (Lipinski definition) is 0. The van der Waals surface area contributed by atoms with Crippen molar-refractivity contribution in [2.75, 3.05) is 25.7 Å². The Bertz CT molecular complexity index is 968. The van der Waals surface area contributed by atoms with Crippen LogP contribution in [0.4, 0.5) is 15.8 Å². The van der Waals surface area contributed by atoms with Crippen molar-refractivity contribution in [1.29, 1.82) is 0 Å². The van der Waals surface area contributed by atoms with Gasteiger partial charge < -0.3 is 14.4 Å². The number of ether oxygens (including phenoxy) is 2. The summed E-state index contributed by atoms with van der Waals surface area (Å²) in [6.45, 7) is -0.0489. The van der Waals surface area contributed by atoms with E-state index in [4.69, 9.17) is 21.7 Å². The Labute approximate surface area is 165 Å². The lowest BCUT2D eigenvalue weighted by atomic mass is 10.1. The Kier molecular flexibility index (Phi) is 5.41. The fourth-order valence-electron chi connectivity index (χ4n) is 2.94. The minimum atomic E-state index is -0.706. The Morgan fingerprint density at radius 2 is 1.89 bits per heavy atom. The van der Waals surface area contributed by atoms with Gasteiger partial charge in [-0.25, -0.2) is 4.39 Å². The second-order valence-corrected chi connectivity index (χ2v) is 6.30. The fourth-order valence-corrected chi connectivity index (χ4v) is 3.27. The fraction of sp³-hybridized carbons (Fsp3) is 0.222. The number of carbonyl (C=O) groups excluding carboxylic acids is 1. The summed E-state index contributed by atoms with van der Waals surface area (Å²) in [6, 6.07) is 8.23. The molecule has 10 heteroatoms. The third-order valence-electron chi connectivity index (χ3n) is 4.27. The minimum absolute atomic E-state index is 0.00492. The topological polar surface area (TPSA) is 85.2 Å². The maximum atomic E-state index is 13.3. The zero-order valence-corrected chi connectivity index (χ0v) is 15.9. The standard InChI is InChI=1S/C18H16FN3O5S/c1-26-15-6-5-13(8-16(15)27-2)21-17(23)10-20(18(21)28)9-11-3-4-12(19)7-14(11)22(24)25/h3-8H,9-10H2,1-2H3. The number of rotatable bonds is 6. The highest BCUT2D eigenvalue weighted by Gasteiger charge is 2.35. The average Bonchev–Trinajstić information content (AvgIpc) is 2.95. The monoisotopic (exact) mass is 405 g/mol. The van der Waals surface area contributed by atoms with Gasteiger partial charge in [-0.1, -0.05) is 0 Å². The van der Waals surface area contributed by atoms with Gasteiger partial charge in [0.05, 0.1) is 37.4 Å². The molecular formula is C18H16FN3O5S. The minimum Gasteiger partial charge on any atom is -0.493 e. The SMILES string of the molecule is COc1ccc(N2C(=O)CN(Cc3ccc(F)cc3[N+](=O)[O-])C2=S)cc1OC. The first kappa shape index (κ1) is 19.5. The molecule has 1 amide bonds. The van der Waals surface area contributed by atoms with E-state index < -0.39 is 10.7 Å². The van der Waals surface area contributed by atoms with Gasteiger partial charge in [-0.15, -0.1) is 0 Å². The van der Waals surface area contributed by atoms with E-state index in [2.05, 4.69) is 0 Å². The number of thiocarbonyl (C=S) groups is 1. The van der Waals surface area contributed by atoms with Crippen LogP contribution in [0.1, 0.15) is 5.56 Å². The maximum absolute atomic E-state index is 13.3. The number of carbonyl (C=O) groups is 1. The molecule has 0 saturated carbocycles. The van der Waals surface area contributed by atoms with Gasteiger partial charge in [0.25, 0.3) is 11.6 Å². The van der Waals surface area contributed by atoms with E-state index in [1.807, 2.05) is 0 Å². The third kappa shape index (κ3) is 3.58. The molecule has 146 valence electrons. The number of halogens is 1. The number of methoxy groups -OCH3 is 2. The van der Waals surface area contributed by atoms with Crippen molar-refractivity contribution in [2.24, 2.45) is 0 Å². The Morgan fingerprint density at radius 3 is 2.54 bits per heavy atom. The van der Waals surface area contributed by atoms with Crippen LogP contribution < -0.4 is 14.4 Å². The van der Waals surface area contributed by atoms with Crippen molar-refractivity contribution < 1.29 is 23.6 Å². The number of nitro benzene ring substituents is 1. The summed E-state index contributed by atoms with van der Waals surface area (Å²) < 4.78 is 23.8. The molecule has 1 aliphatic heterocycles. The molecule has 2 aromatic carbocycles. The molecule has 1 aliphatic rings. The highest BCUT2D eigenvalue weighted by Crippen LogP contribution is 2.33. The van der Waals surface area contributed by atoms with Gasteiger partial charge in [0.1, 0.15) is 12.4 Å². The quantitative estimate of drug-likeness (QED) is 0.415. The number of benzene rings is 2. The van der Waals surface area contributed by atoms with Crippen LogP contribution in [0.2, 0.25) is 0 Å². The second-order valence-electron chi connectivity index (χ2n) is 5.94. The molecule has 3 rings (SSSR count). The molecule has 0 bridgehead atoms. The molecule has 1 heterocycles. The van der Waals surface area contributed by atoms with Gasteiger partial charge in [-0.2, -0.15) is 0 Å². The van der Waals surface area contributed by atoms with Crippen LogP contribution in [-0.4, -0.2) is 41.6 Å². The highest BCUT2D eigenvalue weighted by molar-refractivity contribution is 7.80. The van der Waals surface area contributed by atoms with Crippen LogP contribution >= 0.6 is 12.2 Å². The molecular weight excluding hydrogens is 389 g/mol. The van der Waals surface area contributed by atoms with E-state index in [0.717, 1.165) is 12.1 Å². The first-order chi connectivity index (χ1) is 13.3. The Morgan fingerprint density at radius 1 is 1.18 bits per heavy atom. The van der Waals surface area contributed by atoms with Crippen molar-refractivity contribution >= 4 is 34.6 Å².